The average molecular weight is 264 g/mol. The highest BCUT2D eigenvalue weighted by Crippen LogP contribution is 2.30. The summed E-state index contributed by atoms with van der Waals surface area (Å²) in [4.78, 5) is 24.3. The molecule has 1 aromatic heterocycles. The Kier molecular flexibility index (Phi) is 3.94. The summed E-state index contributed by atoms with van der Waals surface area (Å²) in [6.45, 7) is 2.26. The van der Waals surface area contributed by atoms with E-state index in [4.69, 9.17) is 10.5 Å². The highest BCUT2D eigenvalue weighted by atomic mass is 16.5. The second kappa shape index (κ2) is 5.64. The first-order chi connectivity index (χ1) is 9.11. The second-order valence-electron chi connectivity index (χ2n) is 4.31. The van der Waals surface area contributed by atoms with Gasteiger partial charge in [0.25, 0.3) is 5.91 Å². The van der Waals surface area contributed by atoms with Crippen LogP contribution in [0.25, 0.3) is 0 Å². The smallest absolute Gasteiger partial charge is 0.325 e. The number of anilines is 1. The van der Waals surface area contributed by atoms with Crippen molar-refractivity contribution in [1.82, 2.24) is 10.2 Å². The maximum Gasteiger partial charge on any atom is 0.325 e. The molecule has 7 nitrogen and oxygen atoms in total. The van der Waals surface area contributed by atoms with Crippen molar-refractivity contribution in [2.45, 2.75) is 25.8 Å². The molecule has 0 aromatic carbocycles. The van der Waals surface area contributed by atoms with Gasteiger partial charge < -0.3 is 15.4 Å². The van der Waals surface area contributed by atoms with Gasteiger partial charge in [-0.05, 0) is 31.9 Å². The SMILES string of the molecule is CCOC(=O)CN(c1ccc(C(N)=O)nn1)C1CC1. The first kappa shape index (κ1) is 13.3. The maximum absolute atomic E-state index is 11.5. The van der Waals surface area contributed by atoms with Gasteiger partial charge in [-0.1, -0.05) is 0 Å². The van der Waals surface area contributed by atoms with E-state index in [0.29, 0.717) is 12.4 Å². The van der Waals surface area contributed by atoms with Gasteiger partial charge in [-0.2, -0.15) is 0 Å². The van der Waals surface area contributed by atoms with Gasteiger partial charge >= 0.3 is 5.97 Å². The number of primary amides is 1. The summed E-state index contributed by atoms with van der Waals surface area (Å²) in [5.74, 6) is -0.363. The van der Waals surface area contributed by atoms with Crippen molar-refractivity contribution >= 4 is 17.7 Å². The first-order valence-corrected chi connectivity index (χ1v) is 6.17. The van der Waals surface area contributed by atoms with Crippen molar-refractivity contribution in [2.24, 2.45) is 5.73 Å². The lowest BCUT2D eigenvalue weighted by Crippen LogP contribution is -2.34. The van der Waals surface area contributed by atoms with E-state index in [9.17, 15) is 9.59 Å². The zero-order valence-electron chi connectivity index (χ0n) is 10.7. The van der Waals surface area contributed by atoms with Crippen molar-refractivity contribution in [2.75, 3.05) is 18.1 Å². The van der Waals surface area contributed by atoms with Crippen molar-refractivity contribution in [1.29, 1.82) is 0 Å². The van der Waals surface area contributed by atoms with E-state index in [-0.39, 0.29) is 24.2 Å². The fourth-order valence-corrected chi connectivity index (χ4v) is 1.74. The molecule has 1 saturated carbocycles. The van der Waals surface area contributed by atoms with Gasteiger partial charge in [0.1, 0.15) is 6.54 Å². The molecule has 2 rings (SSSR count). The Balaban J connectivity index is 2.10. The number of hydrogen-bond acceptors (Lipinski definition) is 6. The Morgan fingerprint density at radius 2 is 2.16 bits per heavy atom. The van der Waals surface area contributed by atoms with Crippen LogP contribution in [0.4, 0.5) is 5.82 Å². The number of rotatable bonds is 6. The van der Waals surface area contributed by atoms with Crippen LogP contribution in [0, 0.1) is 0 Å². The standard InChI is InChI=1S/C12H16N4O3/c1-2-19-11(17)7-16(8-3-4-8)10-6-5-9(12(13)18)14-15-10/h5-6,8H,2-4,7H2,1H3,(H2,13,18). The molecule has 0 bridgehead atoms. The van der Waals surface area contributed by atoms with Crippen molar-refractivity contribution in [3.8, 4) is 0 Å². The third kappa shape index (κ3) is 3.40. The molecule has 0 aliphatic heterocycles. The molecule has 0 unspecified atom stereocenters. The minimum atomic E-state index is -0.623. The minimum Gasteiger partial charge on any atom is -0.465 e. The van der Waals surface area contributed by atoms with E-state index in [2.05, 4.69) is 10.2 Å². The van der Waals surface area contributed by atoms with Crippen molar-refractivity contribution in [3.05, 3.63) is 17.8 Å². The molecule has 2 N–H and O–H groups in total. The largest absolute Gasteiger partial charge is 0.465 e. The average Bonchev–Trinajstić information content (AvgIpc) is 3.21. The molecule has 1 heterocycles. The number of carbonyl (C=O) groups is 2. The Hall–Kier alpha value is -2.18. The molecule has 1 amide bonds. The summed E-state index contributed by atoms with van der Waals surface area (Å²) in [5.41, 5.74) is 5.21. The Labute approximate surface area is 110 Å². The van der Waals surface area contributed by atoms with Gasteiger partial charge in [0.05, 0.1) is 6.61 Å². The molecule has 1 aliphatic rings. The Morgan fingerprint density at radius 1 is 1.42 bits per heavy atom. The van der Waals surface area contributed by atoms with Gasteiger partial charge in [-0.3, -0.25) is 9.59 Å². The first-order valence-electron chi connectivity index (χ1n) is 6.17. The topological polar surface area (TPSA) is 98.4 Å². The van der Waals surface area contributed by atoms with Crippen LogP contribution >= 0.6 is 0 Å². The van der Waals surface area contributed by atoms with E-state index in [1.165, 1.54) is 6.07 Å². The molecule has 1 fully saturated rings. The lowest BCUT2D eigenvalue weighted by molar-refractivity contribution is -0.141. The third-order valence-corrected chi connectivity index (χ3v) is 2.79. The normalized spacial score (nSPS) is 13.9. The van der Waals surface area contributed by atoms with Gasteiger partial charge in [-0.15, -0.1) is 10.2 Å². The molecule has 1 aliphatic carbocycles. The second-order valence-corrected chi connectivity index (χ2v) is 4.31. The molecule has 0 radical (unpaired) electrons. The van der Waals surface area contributed by atoms with E-state index in [0.717, 1.165) is 12.8 Å². The van der Waals surface area contributed by atoms with Crippen molar-refractivity contribution in [3.63, 3.8) is 0 Å². The zero-order valence-corrected chi connectivity index (χ0v) is 10.7. The van der Waals surface area contributed by atoms with Crippen LogP contribution in [0.5, 0.6) is 0 Å². The number of carbonyl (C=O) groups excluding carboxylic acids is 2. The number of amides is 1. The fraction of sp³-hybridized carbons (Fsp3) is 0.500. The highest BCUT2D eigenvalue weighted by Gasteiger charge is 2.32. The van der Waals surface area contributed by atoms with Gasteiger partial charge in [0.15, 0.2) is 11.5 Å². The molecule has 19 heavy (non-hydrogen) atoms. The quantitative estimate of drug-likeness (QED) is 0.732. The summed E-state index contributed by atoms with van der Waals surface area (Å²) in [5, 5.41) is 7.69. The van der Waals surface area contributed by atoms with Gasteiger partial charge in [-0.25, -0.2) is 0 Å². The monoisotopic (exact) mass is 264 g/mol. The molecule has 0 spiro atoms. The van der Waals surface area contributed by atoms with E-state index in [1.807, 2.05) is 4.90 Å². The third-order valence-electron chi connectivity index (χ3n) is 2.79. The van der Waals surface area contributed by atoms with Gasteiger partial charge in [0, 0.05) is 6.04 Å². The van der Waals surface area contributed by atoms with Gasteiger partial charge in [0.2, 0.25) is 0 Å². The molecule has 0 saturated heterocycles. The van der Waals surface area contributed by atoms with E-state index < -0.39 is 5.91 Å². The van der Waals surface area contributed by atoms with Crippen LogP contribution < -0.4 is 10.6 Å². The number of nitrogens with two attached hydrogens (primary N) is 1. The molecular weight excluding hydrogens is 248 g/mol. The molecule has 7 heteroatoms. The summed E-state index contributed by atoms with van der Waals surface area (Å²) < 4.78 is 4.93. The molecular formula is C12H16N4O3. The van der Waals surface area contributed by atoms with Crippen LogP contribution in [-0.2, 0) is 9.53 Å². The van der Waals surface area contributed by atoms with E-state index in [1.54, 1.807) is 13.0 Å². The summed E-state index contributed by atoms with van der Waals surface area (Å²) in [6.07, 6.45) is 2.03. The van der Waals surface area contributed by atoms with Crippen LogP contribution in [0.3, 0.4) is 0 Å². The number of esters is 1. The Bertz CT molecular complexity index is 470. The number of hydrogen-bond donors (Lipinski definition) is 1. The lowest BCUT2D eigenvalue weighted by atomic mass is 10.3. The maximum atomic E-state index is 11.5. The Morgan fingerprint density at radius 3 is 2.63 bits per heavy atom. The predicted molar refractivity (Wildman–Crippen MR) is 67.6 cm³/mol. The van der Waals surface area contributed by atoms with Crippen LogP contribution in [-0.4, -0.2) is 41.3 Å². The molecule has 1 aromatic rings. The number of ether oxygens (including phenoxy) is 1. The lowest BCUT2D eigenvalue weighted by Gasteiger charge is -2.21. The van der Waals surface area contributed by atoms with E-state index >= 15 is 0 Å². The number of aromatic nitrogens is 2. The van der Waals surface area contributed by atoms with Crippen LogP contribution in [0.1, 0.15) is 30.3 Å². The summed E-state index contributed by atoms with van der Waals surface area (Å²) >= 11 is 0. The zero-order chi connectivity index (χ0) is 13.8. The fourth-order valence-electron chi connectivity index (χ4n) is 1.74. The summed E-state index contributed by atoms with van der Waals surface area (Å²) in [6, 6.07) is 3.44. The molecule has 0 atom stereocenters. The number of nitrogens with zero attached hydrogens (tertiary/aromatic N) is 3. The molecule has 102 valence electrons. The van der Waals surface area contributed by atoms with Crippen LogP contribution in [0.2, 0.25) is 0 Å². The van der Waals surface area contributed by atoms with Crippen LogP contribution in [0.15, 0.2) is 12.1 Å². The minimum absolute atomic E-state index is 0.107. The predicted octanol–water partition coefficient (Wildman–Crippen LogP) is 0.107. The summed E-state index contributed by atoms with van der Waals surface area (Å²) in [7, 11) is 0. The highest BCUT2D eigenvalue weighted by molar-refractivity contribution is 5.90. The van der Waals surface area contributed by atoms with Crippen molar-refractivity contribution < 1.29 is 14.3 Å².